The molecule has 9 aromatic heterocycles. The molecule has 0 spiro atoms. The number of rotatable bonds is 12. The summed E-state index contributed by atoms with van der Waals surface area (Å²) >= 11 is 0. The Labute approximate surface area is 827 Å². The van der Waals surface area contributed by atoms with Crippen molar-refractivity contribution >= 4 is 164 Å². The Kier molecular flexibility index (Phi) is 19.7. The number of aromatic nitrogens is 11. The number of para-hydroxylation sites is 12. The minimum atomic E-state index is 0.703. The summed E-state index contributed by atoms with van der Waals surface area (Å²) in [6, 6.07) is 183. The maximum atomic E-state index is 5.34. The average molecular weight is 1840 g/mol. The van der Waals surface area contributed by atoms with Crippen LogP contribution in [0.1, 0.15) is 0 Å². The molecule has 0 aliphatic rings. The van der Waals surface area contributed by atoms with Gasteiger partial charge in [0, 0.05) is 109 Å². The highest BCUT2D eigenvalue weighted by Crippen LogP contribution is 2.46. The van der Waals surface area contributed by atoms with Crippen molar-refractivity contribution in [3.63, 3.8) is 0 Å². The van der Waals surface area contributed by atoms with Crippen molar-refractivity contribution in [1.82, 2.24) is 52.3 Å². The largest absolute Gasteiger partial charge is 0.309 e. The first-order chi connectivity index (χ1) is 71.4. The molecule has 672 valence electrons. The maximum Gasteiger partial charge on any atom is 0.162 e. The number of hydrogen-bond donors (Lipinski definition) is 0. The Morgan fingerprint density at radius 3 is 0.701 bits per heavy atom. The monoisotopic (exact) mass is 1840 g/mol. The summed E-state index contributed by atoms with van der Waals surface area (Å²) in [5, 5.41) is 17.9. The fraction of sp³-hybridized carbons (Fsp3) is 0. The molecular formula is C133H85N11. The first-order valence-electron chi connectivity index (χ1n) is 48.9. The number of nitrogens with zero attached hydrogens (tertiary/aromatic N) is 11. The third-order valence-corrected chi connectivity index (χ3v) is 28.8. The van der Waals surface area contributed by atoms with Gasteiger partial charge in [-0.3, -0.25) is 13.7 Å². The van der Waals surface area contributed by atoms with Crippen LogP contribution in [0.2, 0.25) is 0 Å². The van der Waals surface area contributed by atoms with E-state index in [2.05, 4.69) is 501 Å². The zero-order valence-electron chi connectivity index (χ0n) is 78.0. The summed E-state index contributed by atoms with van der Waals surface area (Å²) in [6.07, 6.45) is 0. The van der Waals surface area contributed by atoms with Crippen LogP contribution < -0.4 is 0 Å². The maximum absolute atomic E-state index is 5.34. The molecule has 0 fully saturated rings. The Hall–Kier alpha value is -19.5. The zero-order valence-corrected chi connectivity index (χ0v) is 78.0. The van der Waals surface area contributed by atoms with Crippen LogP contribution in [0.4, 0.5) is 0 Å². The normalized spacial score (nSPS) is 11.8. The molecule has 0 amide bonds. The van der Waals surface area contributed by atoms with Gasteiger partial charge in [0.2, 0.25) is 0 Å². The number of pyridine rings is 1. The predicted octanol–water partition coefficient (Wildman–Crippen LogP) is 34.1. The summed E-state index contributed by atoms with van der Waals surface area (Å²) in [5.41, 5.74) is 31.8. The van der Waals surface area contributed by atoms with Crippen LogP contribution in [0, 0.1) is 0 Å². The van der Waals surface area contributed by atoms with E-state index in [1.165, 1.54) is 154 Å². The highest BCUT2D eigenvalue weighted by atomic mass is 15.1. The topological polar surface area (TPSA) is 94.0 Å². The fourth-order valence-electron chi connectivity index (χ4n) is 22.1. The van der Waals surface area contributed by atoms with E-state index in [0.717, 1.165) is 106 Å². The van der Waals surface area contributed by atoms with E-state index in [1.54, 1.807) is 0 Å². The summed E-state index contributed by atoms with van der Waals surface area (Å²) in [5.74, 6) is 4.11. The molecule has 11 heteroatoms. The van der Waals surface area contributed by atoms with E-state index in [9.17, 15) is 0 Å². The lowest BCUT2D eigenvalue weighted by atomic mass is 10.0. The molecule has 21 aromatic carbocycles. The molecule has 144 heavy (non-hydrogen) atoms. The fourth-order valence-corrected chi connectivity index (χ4v) is 22.1. The molecule has 0 unspecified atom stereocenters. The van der Waals surface area contributed by atoms with Gasteiger partial charge in [-0.25, -0.2) is 24.9 Å². The van der Waals surface area contributed by atoms with E-state index in [0.29, 0.717) is 5.82 Å². The van der Waals surface area contributed by atoms with Crippen molar-refractivity contribution in [2.45, 2.75) is 0 Å². The second-order valence-electron chi connectivity index (χ2n) is 37.0. The van der Waals surface area contributed by atoms with Crippen LogP contribution >= 0.6 is 0 Å². The Balaban J connectivity index is 0.000000106. The van der Waals surface area contributed by atoms with Crippen molar-refractivity contribution in [3.8, 4) is 102 Å². The van der Waals surface area contributed by atoms with Crippen LogP contribution in [0.25, 0.3) is 265 Å². The summed E-state index contributed by atoms with van der Waals surface area (Å²) in [7, 11) is 0. The summed E-state index contributed by atoms with van der Waals surface area (Å²) < 4.78 is 14.0. The van der Waals surface area contributed by atoms with E-state index in [4.69, 9.17) is 24.9 Å². The molecule has 0 bridgehead atoms. The lowest BCUT2D eigenvalue weighted by Crippen LogP contribution is -2.02. The highest BCUT2D eigenvalue weighted by Gasteiger charge is 2.26. The van der Waals surface area contributed by atoms with Gasteiger partial charge in [-0.05, 0) is 233 Å². The van der Waals surface area contributed by atoms with E-state index in [1.807, 2.05) is 42.5 Å². The molecule has 0 N–H and O–H groups in total. The predicted molar refractivity (Wildman–Crippen MR) is 599 cm³/mol. The van der Waals surface area contributed by atoms with Gasteiger partial charge >= 0.3 is 0 Å². The molecule has 0 aliphatic carbocycles. The number of hydrogen-bond acceptors (Lipinski definition) is 5. The SMILES string of the molecule is c1ccc(-c2ccc(-c3nc(-n4c5ccccc5c5cc(-c6ccc7c(c6)c6ccccc6n7-c6ccccc6)ccc54)c4ccccc4n3)cc2)cc1.c1ccc(-c2nc(-n3c4ccccc4c4cc(-c5ccc6c(c5)c5ccccc5n6-c5ccccc5)ccc43)c3ccccc3n2)cc1.c1ccc(-n2c3ccccc3c3cc(-c4ccc5c(c4)c4ccccc4n5-c4ccc5ccccc5n4)ccc32)cc1. The first-order valence-corrected chi connectivity index (χ1v) is 48.9. The molecule has 11 nitrogen and oxygen atoms in total. The highest BCUT2D eigenvalue weighted by molar-refractivity contribution is 6.18. The van der Waals surface area contributed by atoms with Crippen molar-refractivity contribution in [1.29, 1.82) is 0 Å². The van der Waals surface area contributed by atoms with Crippen LogP contribution in [-0.2, 0) is 0 Å². The Bertz CT molecular complexity index is 10300. The Morgan fingerprint density at radius 1 is 0.125 bits per heavy atom. The van der Waals surface area contributed by atoms with Gasteiger partial charge in [-0.2, -0.15) is 0 Å². The first kappa shape index (κ1) is 82.7. The number of benzene rings is 21. The van der Waals surface area contributed by atoms with Crippen LogP contribution in [0.5, 0.6) is 0 Å². The minimum absolute atomic E-state index is 0.703. The van der Waals surface area contributed by atoms with Gasteiger partial charge in [0.25, 0.3) is 0 Å². The molecule has 30 aromatic rings. The van der Waals surface area contributed by atoms with Gasteiger partial charge in [0.15, 0.2) is 11.6 Å². The van der Waals surface area contributed by atoms with E-state index >= 15 is 0 Å². The zero-order chi connectivity index (χ0) is 94.8. The minimum Gasteiger partial charge on any atom is -0.309 e. The molecule has 9 heterocycles. The second kappa shape index (κ2) is 34.3. The molecule has 0 atom stereocenters. The quantitative estimate of drug-likeness (QED) is 0.121. The molecule has 30 rings (SSSR count). The van der Waals surface area contributed by atoms with Gasteiger partial charge in [-0.1, -0.05) is 328 Å². The summed E-state index contributed by atoms with van der Waals surface area (Å²) in [4.78, 5) is 25.7. The van der Waals surface area contributed by atoms with E-state index in [-0.39, 0.29) is 0 Å². The second-order valence-corrected chi connectivity index (χ2v) is 37.0. The third kappa shape index (κ3) is 13.9. The smallest absolute Gasteiger partial charge is 0.162 e. The summed E-state index contributed by atoms with van der Waals surface area (Å²) in [6.45, 7) is 0. The molecule has 0 saturated heterocycles. The average Bonchev–Trinajstić information content (AvgIpc) is 1.55. The standard InChI is InChI=1S/C50H32N4.C44H28N4.C39H25N3/c1-3-13-33(14-4-1)34-23-25-35(26-24-34)49-51-44-20-10-7-19-41(44)50(52-49)54-46-22-12-9-18-40(46)43-32-37(28-30-48(43)54)36-27-29-47-42(31-36)39-17-8-11-21-45(39)53(47)38-15-5-2-6-16-38;1-3-13-29(14-4-1)43-45-38-20-10-7-19-35(38)44(46-43)48-40-22-12-9-18-34(40)37-28-31(24-26-42(37)48)30-23-25-41-36(27-30)33-17-8-11-21-39(33)47(41)32-15-5-2-6-16-32;1-2-11-29(12-3-1)41-35-16-8-5-13-30(35)32-24-27(18-21-37(32)41)28-19-22-38-33(25-28)31-14-6-9-17-36(31)42(38)39-23-20-26-10-4-7-15-34(26)40-39/h1-32H;1-28H;1-25H. The van der Waals surface area contributed by atoms with Gasteiger partial charge < -0.3 is 13.7 Å². The lowest BCUT2D eigenvalue weighted by molar-refractivity contribution is 1.07. The Morgan fingerprint density at radius 2 is 0.354 bits per heavy atom. The van der Waals surface area contributed by atoms with Crippen molar-refractivity contribution in [3.05, 3.63) is 516 Å². The van der Waals surface area contributed by atoms with Gasteiger partial charge in [-0.15, -0.1) is 0 Å². The molecular weight excluding hydrogens is 1750 g/mol. The van der Waals surface area contributed by atoms with Crippen molar-refractivity contribution in [2.24, 2.45) is 0 Å². The van der Waals surface area contributed by atoms with E-state index < -0.39 is 0 Å². The van der Waals surface area contributed by atoms with Crippen molar-refractivity contribution in [2.75, 3.05) is 0 Å². The van der Waals surface area contributed by atoms with Crippen LogP contribution in [0.3, 0.4) is 0 Å². The van der Waals surface area contributed by atoms with Crippen molar-refractivity contribution < 1.29 is 0 Å². The van der Waals surface area contributed by atoms with Gasteiger partial charge in [0.1, 0.15) is 17.5 Å². The third-order valence-electron chi connectivity index (χ3n) is 28.8. The van der Waals surface area contributed by atoms with Crippen LogP contribution in [-0.4, -0.2) is 52.3 Å². The number of fused-ring (bicyclic) bond motifs is 21. The molecule has 0 radical (unpaired) electrons. The molecule has 0 aliphatic heterocycles. The van der Waals surface area contributed by atoms with Crippen LogP contribution in [0.15, 0.2) is 516 Å². The lowest BCUT2D eigenvalue weighted by Gasteiger charge is -2.13. The molecule has 0 saturated carbocycles. The van der Waals surface area contributed by atoms with Gasteiger partial charge in [0.05, 0.1) is 82.8 Å².